The Morgan fingerprint density at radius 2 is 1.87 bits per heavy atom. The van der Waals surface area contributed by atoms with Gasteiger partial charge in [0.15, 0.2) is 11.0 Å². The second kappa shape index (κ2) is 13.8. The van der Waals surface area contributed by atoms with Gasteiger partial charge in [-0.15, -0.1) is 16.8 Å². The van der Waals surface area contributed by atoms with Crippen molar-refractivity contribution in [3.05, 3.63) is 79.6 Å². The first kappa shape index (κ1) is 30.5. The highest BCUT2D eigenvalue weighted by molar-refractivity contribution is 14.1. The van der Waals surface area contributed by atoms with Gasteiger partial charge >= 0.3 is 0 Å². The van der Waals surface area contributed by atoms with Crippen molar-refractivity contribution in [2.24, 2.45) is 5.92 Å². The fourth-order valence-corrected chi connectivity index (χ4v) is 5.57. The summed E-state index contributed by atoms with van der Waals surface area (Å²) in [5.41, 5.74) is 2.21. The zero-order valence-electron chi connectivity index (χ0n) is 21.6. The third kappa shape index (κ3) is 7.74. The number of thioether (sulfide) groups is 1. The minimum Gasteiger partial charge on any atom is -0.342 e. The number of carbonyl (C=O) groups is 2. The first-order valence-electron chi connectivity index (χ1n) is 12.0. The van der Waals surface area contributed by atoms with Crippen LogP contribution < -0.4 is 10.6 Å². The quantitative estimate of drug-likeness (QED) is 0.125. The van der Waals surface area contributed by atoms with Crippen LogP contribution in [0.5, 0.6) is 0 Å². The predicted molar refractivity (Wildman–Crippen MR) is 164 cm³/mol. The average Bonchev–Trinajstić information content (AvgIpc) is 3.24. The Balaban J connectivity index is 1.78. The van der Waals surface area contributed by atoms with Crippen molar-refractivity contribution >= 4 is 75.1 Å². The molecule has 0 fully saturated rings. The van der Waals surface area contributed by atoms with Gasteiger partial charge in [0, 0.05) is 20.8 Å². The molecule has 2 amide bonds. The maximum absolute atomic E-state index is 13.1. The molecule has 2 aromatic carbocycles. The lowest BCUT2D eigenvalue weighted by molar-refractivity contribution is -0.113. The Hall–Kier alpha value is -2.08. The topological polar surface area (TPSA) is 88.9 Å². The summed E-state index contributed by atoms with van der Waals surface area (Å²) in [6, 6.07) is 10.3. The summed E-state index contributed by atoms with van der Waals surface area (Å²) in [7, 11) is 0. The van der Waals surface area contributed by atoms with Crippen molar-refractivity contribution in [1.29, 1.82) is 0 Å². The van der Waals surface area contributed by atoms with Crippen molar-refractivity contribution in [2.75, 3.05) is 11.1 Å². The van der Waals surface area contributed by atoms with Gasteiger partial charge in [-0.05, 0) is 76.4 Å². The average molecular weight is 686 g/mol. The lowest BCUT2D eigenvalue weighted by Gasteiger charge is -2.23. The maximum atomic E-state index is 13.1. The Bertz CT molecular complexity index is 1330. The maximum Gasteiger partial charge on any atom is 0.253 e. The molecular formula is C27H30Cl2IN5O2S. The number of nitrogens with zero attached hydrogens (tertiary/aromatic N) is 3. The second-order valence-corrected chi connectivity index (χ2v) is 12.3. The lowest BCUT2D eigenvalue weighted by atomic mass is 10.0. The number of benzene rings is 2. The lowest BCUT2D eigenvalue weighted by Crippen LogP contribution is -2.34. The van der Waals surface area contributed by atoms with Gasteiger partial charge < -0.3 is 15.2 Å². The molecule has 0 aliphatic carbocycles. The van der Waals surface area contributed by atoms with Crippen LogP contribution in [0.3, 0.4) is 0 Å². The number of rotatable bonds is 11. The van der Waals surface area contributed by atoms with E-state index < -0.39 is 6.04 Å². The van der Waals surface area contributed by atoms with E-state index in [1.807, 2.05) is 30.5 Å². The number of aromatic nitrogens is 3. The number of nitrogens with one attached hydrogen (secondary N) is 2. The van der Waals surface area contributed by atoms with Gasteiger partial charge in [0.25, 0.3) is 5.91 Å². The fourth-order valence-electron chi connectivity index (χ4n) is 3.80. The molecule has 7 nitrogen and oxygen atoms in total. The van der Waals surface area contributed by atoms with Crippen LogP contribution in [-0.2, 0) is 11.3 Å². The highest BCUT2D eigenvalue weighted by Gasteiger charge is 2.27. The fraction of sp³-hybridized carbons (Fsp3) is 0.333. The Labute approximate surface area is 251 Å². The van der Waals surface area contributed by atoms with Crippen LogP contribution in [0.1, 0.15) is 61.4 Å². The molecule has 2 N–H and O–H groups in total. The van der Waals surface area contributed by atoms with Gasteiger partial charge in [0.1, 0.15) is 0 Å². The minimum absolute atomic E-state index is 0.00531. The van der Waals surface area contributed by atoms with Crippen molar-refractivity contribution in [1.82, 2.24) is 20.1 Å². The van der Waals surface area contributed by atoms with Crippen LogP contribution in [0.4, 0.5) is 5.69 Å². The second-order valence-electron chi connectivity index (χ2n) is 9.28. The number of hydrogen-bond acceptors (Lipinski definition) is 5. The van der Waals surface area contributed by atoms with Crippen molar-refractivity contribution in [3.8, 4) is 0 Å². The smallest absolute Gasteiger partial charge is 0.253 e. The summed E-state index contributed by atoms with van der Waals surface area (Å²) in [4.78, 5) is 25.9. The number of anilines is 1. The third-order valence-corrected chi connectivity index (χ3v) is 7.89. The number of allylic oxidation sites excluding steroid dienone is 1. The molecule has 1 heterocycles. The molecule has 38 heavy (non-hydrogen) atoms. The van der Waals surface area contributed by atoms with Crippen LogP contribution in [0, 0.1) is 9.49 Å². The molecule has 11 heteroatoms. The SMILES string of the molecule is C=CCn1c(SCC(=O)Nc2ccc(I)cc2C(C)C)nnc1[C@H](NC(=O)c1ccc(Cl)cc1Cl)C(C)C. The van der Waals surface area contributed by atoms with Gasteiger partial charge in [-0.1, -0.05) is 68.7 Å². The molecule has 0 radical (unpaired) electrons. The van der Waals surface area contributed by atoms with Crippen molar-refractivity contribution in [2.45, 2.75) is 51.4 Å². The Morgan fingerprint density at radius 3 is 2.50 bits per heavy atom. The van der Waals surface area contributed by atoms with E-state index >= 15 is 0 Å². The molecule has 0 bridgehead atoms. The van der Waals surface area contributed by atoms with Gasteiger partial charge in [-0.3, -0.25) is 9.59 Å². The predicted octanol–water partition coefficient (Wildman–Crippen LogP) is 7.36. The molecule has 202 valence electrons. The molecule has 0 unspecified atom stereocenters. The minimum atomic E-state index is -0.453. The molecule has 3 aromatic rings. The molecular weight excluding hydrogens is 656 g/mol. The monoisotopic (exact) mass is 685 g/mol. The summed E-state index contributed by atoms with van der Waals surface area (Å²) in [5, 5.41) is 16.1. The van der Waals surface area contributed by atoms with E-state index in [2.05, 4.69) is 69.9 Å². The molecule has 0 aliphatic heterocycles. The van der Waals surface area contributed by atoms with Crippen LogP contribution >= 0.6 is 57.6 Å². The molecule has 1 atom stereocenters. The first-order valence-corrected chi connectivity index (χ1v) is 14.9. The zero-order chi connectivity index (χ0) is 28.0. The highest BCUT2D eigenvalue weighted by atomic mass is 127. The highest BCUT2D eigenvalue weighted by Crippen LogP contribution is 2.29. The van der Waals surface area contributed by atoms with Gasteiger partial charge in [0.05, 0.1) is 22.4 Å². The van der Waals surface area contributed by atoms with Gasteiger partial charge in [-0.2, -0.15) is 0 Å². The largest absolute Gasteiger partial charge is 0.342 e. The summed E-state index contributed by atoms with van der Waals surface area (Å²) in [6.45, 7) is 12.4. The van der Waals surface area contributed by atoms with E-state index in [4.69, 9.17) is 23.2 Å². The van der Waals surface area contributed by atoms with Gasteiger partial charge in [-0.25, -0.2) is 0 Å². The van der Waals surface area contributed by atoms with E-state index in [1.54, 1.807) is 18.2 Å². The summed E-state index contributed by atoms with van der Waals surface area (Å²) in [6.07, 6.45) is 1.73. The van der Waals surface area contributed by atoms with Crippen LogP contribution in [0.2, 0.25) is 10.0 Å². The van der Waals surface area contributed by atoms with E-state index in [0.29, 0.717) is 28.1 Å². The summed E-state index contributed by atoms with van der Waals surface area (Å²) >= 11 is 15.8. The van der Waals surface area contributed by atoms with E-state index in [0.717, 1.165) is 14.8 Å². The summed E-state index contributed by atoms with van der Waals surface area (Å²) in [5.74, 6) is 0.509. The molecule has 0 saturated heterocycles. The number of halogens is 3. The van der Waals surface area contributed by atoms with Gasteiger partial charge in [0.2, 0.25) is 5.91 Å². The van der Waals surface area contributed by atoms with Crippen LogP contribution in [0.25, 0.3) is 0 Å². The molecule has 0 spiro atoms. The number of carbonyl (C=O) groups excluding carboxylic acids is 2. The number of hydrogen-bond donors (Lipinski definition) is 2. The Kier molecular flexibility index (Phi) is 11.1. The first-order chi connectivity index (χ1) is 18.0. The van der Waals surface area contributed by atoms with E-state index in [-0.39, 0.29) is 34.4 Å². The number of amides is 2. The molecule has 0 aliphatic rings. The van der Waals surface area contributed by atoms with Crippen LogP contribution in [-0.4, -0.2) is 32.3 Å². The molecule has 3 rings (SSSR count). The normalized spacial score (nSPS) is 12.0. The molecule has 0 saturated carbocycles. The Morgan fingerprint density at radius 1 is 1.13 bits per heavy atom. The standard InChI is InChI=1S/C27H30Cl2IN5O2S/c1-6-11-35-25(24(16(4)5)32-26(37)19-9-7-17(28)12-21(19)29)33-34-27(35)38-14-23(36)31-22-10-8-18(30)13-20(22)15(2)3/h6-10,12-13,15-16,24H,1,11,14H2,2-5H3,(H,31,36)(H,32,37)/t24-/m1/s1. The summed E-state index contributed by atoms with van der Waals surface area (Å²) < 4.78 is 2.98. The van der Waals surface area contributed by atoms with Crippen molar-refractivity contribution < 1.29 is 9.59 Å². The third-order valence-electron chi connectivity index (χ3n) is 5.71. The van der Waals surface area contributed by atoms with E-state index in [1.165, 1.54) is 17.8 Å². The van der Waals surface area contributed by atoms with Crippen molar-refractivity contribution in [3.63, 3.8) is 0 Å². The van der Waals surface area contributed by atoms with E-state index in [9.17, 15) is 9.59 Å². The zero-order valence-corrected chi connectivity index (χ0v) is 26.1. The molecule has 1 aromatic heterocycles. The van der Waals surface area contributed by atoms with Crippen LogP contribution in [0.15, 0.2) is 54.2 Å².